The molecule has 0 unspecified atom stereocenters. The summed E-state index contributed by atoms with van der Waals surface area (Å²) < 4.78 is 21.8. The van der Waals surface area contributed by atoms with E-state index in [1.807, 2.05) is 24.3 Å². The number of aromatic nitrogens is 2. The van der Waals surface area contributed by atoms with Crippen molar-refractivity contribution in [3.05, 3.63) is 81.7 Å². The molecular formula is C26H26ClFN4O3. The number of carbonyl (C=O) groups is 1. The molecule has 9 heteroatoms. The Morgan fingerprint density at radius 2 is 2.06 bits per heavy atom. The van der Waals surface area contributed by atoms with E-state index >= 15 is 0 Å². The van der Waals surface area contributed by atoms with Gasteiger partial charge in [0.1, 0.15) is 18.2 Å². The summed E-state index contributed by atoms with van der Waals surface area (Å²) in [6.07, 6.45) is 6.45. The van der Waals surface area contributed by atoms with Crippen molar-refractivity contribution >= 4 is 23.3 Å². The predicted octanol–water partition coefficient (Wildman–Crippen LogP) is 4.29. The lowest BCUT2D eigenvalue weighted by Gasteiger charge is -2.22. The molecule has 3 aromatic rings. The van der Waals surface area contributed by atoms with Gasteiger partial charge in [-0.3, -0.25) is 14.2 Å². The summed E-state index contributed by atoms with van der Waals surface area (Å²) in [4.78, 5) is 30.3. The number of aryl methyl sites for hydroxylation is 1. The van der Waals surface area contributed by atoms with Crippen molar-refractivity contribution in [1.82, 2.24) is 14.9 Å². The molecule has 0 saturated heterocycles. The lowest BCUT2D eigenvalue weighted by atomic mass is 10.0. The Hall–Kier alpha value is -3.39. The molecule has 2 aliphatic carbocycles. The number of nitrogens with zero attached hydrogens (tertiary/aromatic N) is 2. The van der Waals surface area contributed by atoms with Crippen molar-refractivity contribution in [2.45, 2.75) is 44.2 Å². The van der Waals surface area contributed by atoms with E-state index in [0.29, 0.717) is 23.7 Å². The van der Waals surface area contributed by atoms with Crippen LogP contribution in [-0.4, -0.2) is 34.0 Å². The summed E-state index contributed by atoms with van der Waals surface area (Å²) in [6, 6.07) is 10.5. The summed E-state index contributed by atoms with van der Waals surface area (Å²) in [5.41, 5.74) is 0.963. The molecule has 2 aromatic carbocycles. The standard InChI is InChI=1S/C26H26ClFN4O3/c1-16-14-20(28)18(24(33)30-17-6-7-17)15-21(16)32-12-11-29-23(25(32)34)31-26(8-9-26)19-4-2-3-5-22(19)35-13-10-27/h2-5,11-12,14-15,17H,6-10,13H2,1H3,(H,29,31)(H,30,33). The summed E-state index contributed by atoms with van der Waals surface area (Å²) in [5.74, 6) is 0.171. The number of hydrogen-bond acceptors (Lipinski definition) is 5. The number of para-hydroxylation sites is 1. The van der Waals surface area contributed by atoms with Gasteiger partial charge in [0.2, 0.25) is 0 Å². The van der Waals surface area contributed by atoms with E-state index in [1.165, 1.54) is 29.1 Å². The first-order valence-electron chi connectivity index (χ1n) is 11.7. The van der Waals surface area contributed by atoms with Gasteiger partial charge in [-0.15, -0.1) is 11.6 Å². The van der Waals surface area contributed by atoms with Gasteiger partial charge in [-0.2, -0.15) is 0 Å². The Morgan fingerprint density at radius 1 is 1.29 bits per heavy atom. The largest absolute Gasteiger partial charge is 0.492 e. The average Bonchev–Trinajstić information content (AvgIpc) is 3.77. The number of amides is 1. The molecule has 0 bridgehead atoms. The second kappa shape index (κ2) is 9.34. The highest BCUT2D eigenvalue weighted by molar-refractivity contribution is 6.18. The summed E-state index contributed by atoms with van der Waals surface area (Å²) in [6.45, 7) is 2.08. The molecule has 182 valence electrons. The van der Waals surface area contributed by atoms with E-state index in [2.05, 4.69) is 15.6 Å². The maximum atomic E-state index is 14.6. The number of rotatable bonds is 9. The minimum Gasteiger partial charge on any atom is -0.492 e. The SMILES string of the molecule is Cc1cc(F)c(C(=O)NC2CC2)cc1-n1ccnc(NC2(c3ccccc3OCCCl)CC2)c1=O. The van der Waals surface area contributed by atoms with Gasteiger partial charge >= 0.3 is 0 Å². The summed E-state index contributed by atoms with van der Waals surface area (Å²) in [7, 11) is 0. The number of carbonyl (C=O) groups excluding carboxylic acids is 1. The molecule has 2 fully saturated rings. The zero-order chi connectivity index (χ0) is 24.6. The summed E-state index contributed by atoms with van der Waals surface area (Å²) >= 11 is 5.80. The number of ether oxygens (including phenoxy) is 1. The monoisotopic (exact) mass is 496 g/mol. The first-order valence-corrected chi connectivity index (χ1v) is 12.2. The van der Waals surface area contributed by atoms with Gasteiger partial charge in [0.05, 0.1) is 22.7 Å². The van der Waals surface area contributed by atoms with Gasteiger partial charge in [-0.25, -0.2) is 9.37 Å². The van der Waals surface area contributed by atoms with Gasteiger partial charge < -0.3 is 15.4 Å². The molecule has 7 nitrogen and oxygen atoms in total. The van der Waals surface area contributed by atoms with Gasteiger partial charge in [0, 0.05) is 24.0 Å². The van der Waals surface area contributed by atoms with Crippen molar-refractivity contribution < 1.29 is 13.9 Å². The zero-order valence-corrected chi connectivity index (χ0v) is 20.1. The van der Waals surface area contributed by atoms with Gasteiger partial charge in [0.15, 0.2) is 5.82 Å². The van der Waals surface area contributed by atoms with E-state index in [9.17, 15) is 14.0 Å². The van der Waals surface area contributed by atoms with Crippen molar-refractivity contribution in [2.75, 3.05) is 17.8 Å². The fourth-order valence-corrected chi connectivity index (χ4v) is 4.30. The molecule has 2 N–H and O–H groups in total. The molecule has 0 spiro atoms. The fraction of sp³-hybridized carbons (Fsp3) is 0.346. The van der Waals surface area contributed by atoms with Crippen molar-refractivity contribution in [2.24, 2.45) is 0 Å². The average molecular weight is 497 g/mol. The van der Waals surface area contributed by atoms with E-state index < -0.39 is 17.3 Å². The molecule has 2 aliphatic rings. The number of halogens is 2. The van der Waals surface area contributed by atoms with Gasteiger partial charge in [0.25, 0.3) is 11.5 Å². The van der Waals surface area contributed by atoms with Crippen molar-refractivity contribution in [3.63, 3.8) is 0 Å². The molecule has 0 radical (unpaired) electrons. The third kappa shape index (κ3) is 4.75. The fourth-order valence-electron chi connectivity index (χ4n) is 4.22. The number of anilines is 1. The van der Waals surface area contributed by atoms with E-state index in [1.54, 1.807) is 6.92 Å². The first-order chi connectivity index (χ1) is 16.9. The van der Waals surface area contributed by atoms with Gasteiger partial charge in [-0.1, -0.05) is 18.2 Å². The van der Waals surface area contributed by atoms with Crippen LogP contribution in [0, 0.1) is 12.7 Å². The smallest absolute Gasteiger partial charge is 0.297 e. The Labute approximate surface area is 207 Å². The molecular weight excluding hydrogens is 471 g/mol. The predicted molar refractivity (Wildman–Crippen MR) is 132 cm³/mol. The molecule has 1 heterocycles. The van der Waals surface area contributed by atoms with Crippen LogP contribution in [0.4, 0.5) is 10.2 Å². The molecule has 1 aromatic heterocycles. The first kappa shape index (κ1) is 23.4. The van der Waals surface area contributed by atoms with E-state index in [0.717, 1.165) is 37.0 Å². The Balaban J connectivity index is 1.48. The Bertz CT molecular complexity index is 1330. The van der Waals surface area contributed by atoms with Crippen LogP contribution in [0.25, 0.3) is 5.69 Å². The zero-order valence-electron chi connectivity index (χ0n) is 19.3. The molecule has 2 saturated carbocycles. The topological polar surface area (TPSA) is 85.2 Å². The van der Waals surface area contributed by atoms with Crippen LogP contribution in [0.15, 0.2) is 53.6 Å². The number of alkyl halides is 1. The maximum absolute atomic E-state index is 14.6. The van der Waals surface area contributed by atoms with Crippen molar-refractivity contribution in [1.29, 1.82) is 0 Å². The molecule has 1 amide bonds. The van der Waals surface area contributed by atoms with Gasteiger partial charge in [-0.05, 0) is 56.4 Å². The summed E-state index contributed by atoms with van der Waals surface area (Å²) in [5, 5.41) is 6.13. The molecule has 0 aliphatic heterocycles. The highest BCUT2D eigenvalue weighted by Gasteiger charge is 2.47. The lowest BCUT2D eigenvalue weighted by molar-refractivity contribution is 0.0947. The van der Waals surface area contributed by atoms with Crippen LogP contribution in [-0.2, 0) is 5.54 Å². The molecule has 5 rings (SSSR count). The minimum atomic E-state index is -0.615. The lowest BCUT2D eigenvalue weighted by Crippen LogP contribution is -2.30. The van der Waals surface area contributed by atoms with Crippen molar-refractivity contribution in [3.8, 4) is 11.4 Å². The third-order valence-corrected chi connectivity index (χ3v) is 6.54. The van der Waals surface area contributed by atoms with Crippen LogP contribution < -0.4 is 20.9 Å². The second-order valence-electron chi connectivity index (χ2n) is 9.06. The van der Waals surface area contributed by atoms with Crippen LogP contribution in [0.2, 0.25) is 0 Å². The highest BCUT2D eigenvalue weighted by Crippen LogP contribution is 2.50. The van der Waals surface area contributed by atoms with Crippen LogP contribution in [0.1, 0.15) is 47.2 Å². The maximum Gasteiger partial charge on any atom is 0.297 e. The minimum absolute atomic E-state index is 0.0836. The third-order valence-electron chi connectivity index (χ3n) is 6.39. The van der Waals surface area contributed by atoms with E-state index in [4.69, 9.17) is 16.3 Å². The van der Waals surface area contributed by atoms with Crippen LogP contribution in [0.5, 0.6) is 5.75 Å². The quantitative estimate of drug-likeness (QED) is 0.432. The van der Waals surface area contributed by atoms with Crippen LogP contribution >= 0.6 is 11.6 Å². The molecule has 35 heavy (non-hydrogen) atoms. The van der Waals surface area contributed by atoms with Crippen LogP contribution in [0.3, 0.4) is 0 Å². The number of nitrogens with one attached hydrogen (secondary N) is 2. The number of hydrogen-bond donors (Lipinski definition) is 2. The molecule has 0 atom stereocenters. The normalized spacial score (nSPS) is 16.0. The Kier molecular flexibility index (Phi) is 6.23. The highest BCUT2D eigenvalue weighted by atomic mass is 35.5. The van der Waals surface area contributed by atoms with E-state index in [-0.39, 0.29) is 23.0 Å². The number of benzene rings is 2. The Morgan fingerprint density at radius 3 is 2.77 bits per heavy atom. The second-order valence-corrected chi connectivity index (χ2v) is 9.44.